The molecule has 0 aliphatic carbocycles. The molecule has 2 fully saturated rings. The maximum absolute atomic E-state index is 13.0. The summed E-state index contributed by atoms with van der Waals surface area (Å²) >= 11 is 0. The lowest BCUT2D eigenvalue weighted by Gasteiger charge is -2.38. The molecule has 1 N–H and O–H groups in total. The highest BCUT2D eigenvalue weighted by Crippen LogP contribution is 2.45. The average molecular weight is 386 g/mol. The van der Waals surface area contributed by atoms with Crippen molar-refractivity contribution in [1.82, 2.24) is 9.62 Å². The van der Waals surface area contributed by atoms with Gasteiger partial charge in [0.2, 0.25) is 10.0 Å². The van der Waals surface area contributed by atoms with Crippen LogP contribution in [0.25, 0.3) is 0 Å². The third-order valence-electron chi connectivity index (χ3n) is 5.37. The lowest BCUT2D eigenvalue weighted by molar-refractivity contribution is 0.0718. The molecule has 1 aromatic carbocycles. The number of nitrogens with zero attached hydrogens (tertiary/aromatic N) is 2. The topological polar surface area (TPSA) is 82.4 Å². The van der Waals surface area contributed by atoms with Crippen molar-refractivity contribution >= 4 is 22.4 Å². The first-order valence-corrected chi connectivity index (χ1v) is 9.66. The zero-order chi connectivity index (χ0) is 17.2. The highest BCUT2D eigenvalue weighted by atomic mass is 35.5. The van der Waals surface area contributed by atoms with Crippen molar-refractivity contribution in [1.29, 1.82) is 5.26 Å². The minimum Gasteiger partial charge on any atom is -0.384 e. The Kier molecular flexibility index (Phi) is 6.46. The van der Waals surface area contributed by atoms with E-state index in [9.17, 15) is 8.42 Å². The zero-order valence-corrected chi connectivity index (χ0v) is 15.9. The van der Waals surface area contributed by atoms with Gasteiger partial charge in [0.25, 0.3) is 0 Å². The van der Waals surface area contributed by atoms with Crippen molar-refractivity contribution in [2.24, 2.45) is 11.3 Å². The minimum absolute atomic E-state index is 0. The Bertz CT molecular complexity index is 725. The molecular formula is C17H24ClN3O3S. The van der Waals surface area contributed by atoms with E-state index < -0.39 is 10.0 Å². The molecule has 0 aromatic heterocycles. The maximum Gasteiger partial charge on any atom is 0.243 e. The predicted molar refractivity (Wildman–Crippen MR) is 97.1 cm³/mol. The van der Waals surface area contributed by atoms with Crippen LogP contribution in [0.1, 0.15) is 18.4 Å². The number of rotatable bonds is 4. The van der Waals surface area contributed by atoms with Crippen molar-refractivity contribution in [2.75, 3.05) is 39.9 Å². The van der Waals surface area contributed by atoms with Crippen molar-refractivity contribution < 1.29 is 13.2 Å². The summed E-state index contributed by atoms with van der Waals surface area (Å²) < 4.78 is 33.0. The number of methoxy groups -OCH3 is 1. The van der Waals surface area contributed by atoms with E-state index >= 15 is 0 Å². The zero-order valence-electron chi connectivity index (χ0n) is 14.3. The van der Waals surface area contributed by atoms with E-state index in [4.69, 9.17) is 10.00 Å². The Labute approximate surface area is 155 Å². The summed E-state index contributed by atoms with van der Waals surface area (Å²) in [6.45, 7) is 3.47. The molecule has 2 aliphatic rings. The van der Waals surface area contributed by atoms with Gasteiger partial charge >= 0.3 is 0 Å². The average Bonchev–Trinajstić information content (AvgIpc) is 2.95. The van der Waals surface area contributed by atoms with Crippen LogP contribution in [0.3, 0.4) is 0 Å². The monoisotopic (exact) mass is 385 g/mol. The van der Waals surface area contributed by atoms with E-state index in [0.29, 0.717) is 25.3 Å². The third kappa shape index (κ3) is 3.83. The van der Waals surface area contributed by atoms with E-state index in [-0.39, 0.29) is 28.6 Å². The molecule has 0 saturated carbocycles. The lowest BCUT2D eigenvalue weighted by atomic mass is 9.71. The molecule has 0 amide bonds. The van der Waals surface area contributed by atoms with E-state index in [1.807, 2.05) is 6.07 Å². The number of nitrogens with one attached hydrogen (secondary N) is 1. The summed E-state index contributed by atoms with van der Waals surface area (Å²) in [7, 11) is -1.87. The van der Waals surface area contributed by atoms with Gasteiger partial charge in [-0.15, -0.1) is 12.4 Å². The first-order valence-electron chi connectivity index (χ1n) is 8.22. The molecule has 8 heteroatoms. The SMILES string of the molecule is COCC1CN(S(=O)(=O)c2ccc(C#N)cc2)CC12CCNCC2.Cl. The van der Waals surface area contributed by atoms with Crippen LogP contribution < -0.4 is 5.32 Å². The number of benzene rings is 1. The second kappa shape index (κ2) is 8.02. The molecule has 2 saturated heterocycles. The van der Waals surface area contributed by atoms with Gasteiger partial charge in [0.05, 0.1) is 23.1 Å². The van der Waals surface area contributed by atoms with Crippen LogP contribution >= 0.6 is 12.4 Å². The van der Waals surface area contributed by atoms with Gasteiger partial charge < -0.3 is 10.1 Å². The maximum atomic E-state index is 13.0. The highest BCUT2D eigenvalue weighted by Gasteiger charge is 2.50. The number of ether oxygens (including phenoxy) is 1. The summed E-state index contributed by atoms with van der Waals surface area (Å²) in [4.78, 5) is 0.253. The van der Waals surface area contributed by atoms with Crippen LogP contribution in [0.5, 0.6) is 0 Å². The normalized spacial score (nSPS) is 23.1. The van der Waals surface area contributed by atoms with Gasteiger partial charge in [0.1, 0.15) is 0 Å². The van der Waals surface area contributed by atoms with E-state index in [2.05, 4.69) is 5.32 Å². The van der Waals surface area contributed by atoms with Gasteiger partial charge in [-0.05, 0) is 55.6 Å². The first kappa shape index (κ1) is 20.1. The number of hydrogen-bond donors (Lipinski definition) is 1. The Morgan fingerprint density at radius 1 is 1.32 bits per heavy atom. The van der Waals surface area contributed by atoms with E-state index in [1.54, 1.807) is 23.5 Å². The lowest BCUT2D eigenvalue weighted by Crippen LogP contribution is -2.43. The summed E-state index contributed by atoms with van der Waals surface area (Å²) in [5, 5.41) is 12.2. The fraction of sp³-hybridized carbons (Fsp3) is 0.588. The second-order valence-electron chi connectivity index (χ2n) is 6.70. The standard InChI is InChI=1S/C17H23N3O3S.ClH/c1-23-12-15-11-20(13-17(15)6-8-19-9-7-17)24(21,22)16-4-2-14(10-18)3-5-16;/h2-5,15,19H,6-9,11-13H2,1H3;1H. The van der Waals surface area contributed by atoms with Crippen LogP contribution in [0.2, 0.25) is 0 Å². The molecule has 138 valence electrons. The minimum atomic E-state index is -3.54. The largest absolute Gasteiger partial charge is 0.384 e. The Balaban J connectivity index is 0.00000225. The van der Waals surface area contributed by atoms with E-state index in [0.717, 1.165) is 25.9 Å². The van der Waals surface area contributed by atoms with Crippen molar-refractivity contribution in [3.63, 3.8) is 0 Å². The molecule has 25 heavy (non-hydrogen) atoms. The van der Waals surface area contributed by atoms with Crippen molar-refractivity contribution in [3.05, 3.63) is 29.8 Å². The molecule has 1 aromatic rings. The van der Waals surface area contributed by atoms with Crippen molar-refractivity contribution in [2.45, 2.75) is 17.7 Å². The molecule has 2 aliphatic heterocycles. The fourth-order valence-corrected chi connectivity index (χ4v) is 5.52. The summed E-state index contributed by atoms with van der Waals surface area (Å²) in [6, 6.07) is 8.16. The van der Waals surface area contributed by atoms with Crippen LogP contribution in [0, 0.1) is 22.7 Å². The third-order valence-corrected chi connectivity index (χ3v) is 7.20. The molecule has 0 radical (unpaired) electrons. The van der Waals surface area contributed by atoms with Crippen LogP contribution in [0.4, 0.5) is 0 Å². The Hall–Kier alpha value is -1.17. The quantitative estimate of drug-likeness (QED) is 0.851. The predicted octanol–water partition coefficient (Wildman–Crippen LogP) is 1.62. The van der Waals surface area contributed by atoms with Gasteiger partial charge in [-0.25, -0.2) is 8.42 Å². The smallest absolute Gasteiger partial charge is 0.243 e. The number of sulfonamides is 1. The molecule has 0 bridgehead atoms. The molecule has 3 rings (SSSR count). The molecule has 1 unspecified atom stereocenters. The molecule has 1 spiro atoms. The van der Waals surface area contributed by atoms with Gasteiger partial charge in [0, 0.05) is 26.1 Å². The number of hydrogen-bond acceptors (Lipinski definition) is 5. The van der Waals surface area contributed by atoms with Gasteiger partial charge in [-0.2, -0.15) is 9.57 Å². The van der Waals surface area contributed by atoms with Crippen LogP contribution in [0.15, 0.2) is 29.2 Å². The summed E-state index contributed by atoms with van der Waals surface area (Å²) in [6.07, 6.45) is 1.95. The molecule has 6 nitrogen and oxygen atoms in total. The summed E-state index contributed by atoms with van der Waals surface area (Å²) in [5.74, 6) is 0.220. The van der Waals surface area contributed by atoms with Gasteiger partial charge in [0.15, 0.2) is 0 Å². The number of nitriles is 1. The fourth-order valence-electron chi connectivity index (χ4n) is 3.94. The molecule has 1 atom stereocenters. The van der Waals surface area contributed by atoms with Crippen LogP contribution in [-0.4, -0.2) is 52.6 Å². The second-order valence-corrected chi connectivity index (χ2v) is 8.64. The number of halogens is 1. The Morgan fingerprint density at radius 3 is 2.52 bits per heavy atom. The molecular weight excluding hydrogens is 362 g/mol. The highest BCUT2D eigenvalue weighted by molar-refractivity contribution is 7.89. The van der Waals surface area contributed by atoms with Gasteiger partial charge in [-0.3, -0.25) is 0 Å². The summed E-state index contributed by atoms with van der Waals surface area (Å²) in [5.41, 5.74) is 0.462. The molecule has 2 heterocycles. The van der Waals surface area contributed by atoms with Crippen LogP contribution in [-0.2, 0) is 14.8 Å². The Morgan fingerprint density at radius 2 is 1.96 bits per heavy atom. The number of piperidine rings is 1. The van der Waals surface area contributed by atoms with Crippen molar-refractivity contribution in [3.8, 4) is 6.07 Å². The van der Waals surface area contributed by atoms with Gasteiger partial charge in [-0.1, -0.05) is 0 Å². The van der Waals surface area contributed by atoms with E-state index in [1.165, 1.54) is 12.1 Å². The first-order chi connectivity index (χ1) is 11.5.